The molecule has 0 N–H and O–H groups in total. The first-order chi connectivity index (χ1) is 13.9. The summed E-state index contributed by atoms with van der Waals surface area (Å²) in [5.41, 5.74) is 6.20. The van der Waals surface area contributed by atoms with E-state index in [-0.39, 0.29) is 23.8 Å². The molecule has 150 valence electrons. The average Bonchev–Trinajstić information content (AvgIpc) is 3.30. The van der Waals surface area contributed by atoms with Gasteiger partial charge in [-0.2, -0.15) is 0 Å². The number of nitrogens with zero attached hydrogens (tertiary/aromatic N) is 3. The minimum atomic E-state index is -0.392. The molecule has 3 saturated heterocycles. The molecule has 0 radical (unpaired) electrons. The normalized spacial score (nSPS) is 27.0. The summed E-state index contributed by atoms with van der Waals surface area (Å²) in [6.07, 6.45) is 1.02. The Morgan fingerprint density at radius 1 is 0.759 bits per heavy atom. The van der Waals surface area contributed by atoms with E-state index in [0.29, 0.717) is 0 Å². The monoisotopic (exact) mass is 389 g/mol. The summed E-state index contributed by atoms with van der Waals surface area (Å²) in [5.74, 6) is -0.489. The number of hydrogen-bond acceptors (Lipinski definition) is 4. The molecular formula is C24H27N3O2. The predicted octanol–water partition coefficient (Wildman–Crippen LogP) is 3.46. The van der Waals surface area contributed by atoms with E-state index in [1.165, 1.54) is 10.5 Å². The fraction of sp³-hybridized carbons (Fsp3) is 0.417. The summed E-state index contributed by atoms with van der Waals surface area (Å²) in [7, 11) is 0. The maximum Gasteiger partial charge on any atom is 0.253 e. The number of carbonyl (C=O) groups is 2. The third kappa shape index (κ3) is 2.61. The molecule has 3 aliphatic rings. The van der Waals surface area contributed by atoms with Crippen LogP contribution < -0.4 is 4.90 Å². The molecule has 0 unspecified atom stereocenters. The van der Waals surface area contributed by atoms with Crippen LogP contribution in [0.4, 0.5) is 5.69 Å². The van der Waals surface area contributed by atoms with Crippen molar-refractivity contribution < 1.29 is 9.59 Å². The van der Waals surface area contributed by atoms with Crippen LogP contribution in [0.3, 0.4) is 0 Å². The van der Waals surface area contributed by atoms with E-state index in [2.05, 4.69) is 53.3 Å². The zero-order valence-electron chi connectivity index (χ0n) is 17.5. The van der Waals surface area contributed by atoms with Gasteiger partial charge in [0.2, 0.25) is 5.91 Å². The van der Waals surface area contributed by atoms with Gasteiger partial charge in [0.25, 0.3) is 5.91 Å². The third-order valence-electron chi connectivity index (χ3n) is 6.68. The lowest BCUT2D eigenvalue weighted by atomic mass is 9.89. The Balaban J connectivity index is 1.61. The van der Waals surface area contributed by atoms with Gasteiger partial charge in [-0.3, -0.25) is 9.59 Å². The summed E-state index contributed by atoms with van der Waals surface area (Å²) in [4.78, 5) is 28.8. The largest absolute Gasteiger partial charge is 0.274 e. The lowest BCUT2D eigenvalue weighted by molar-refractivity contribution is -0.126. The van der Waals surface area contributed by atoms with Crippen molar-refractivity contribution in [1.82, 2.24) is 10.0 Å². The maximum atomic E-state index is 13.7. The zero-order valence-corrected chi connectivity index (χ0v) is 17.5. The molecule has 0 spiro atoms. The van der Waals surface area contributed by atoms with Gasteiger partial charge in [0.15, 0.2) is 0 Å². The van der Waals surface area contributed by atoms with Crippen molar-refractivity contribution in [2.45, 2.75) is 46.2 Å². The number of carbonyl (C=O) groups excluding carboxylic acids is 2. The van der Waals surface area contributed by atoms with Crippen LogP contribution in [-0.2, 0) is 9.59 Å². The molecule has 29 heavy (non-hydrogen) atoms. The van der Waals surface area contributed by atoms with E-state index >= 15 is 0 Å². The van der Waals surface area contributed by atoms with Crippen LogP contribution in [0.2, 0.25) is 0 Å². The highest BCUT2D eigenvalue weighted by molar-refractivity contribution is 6.24. The van der Waals surface area contributed by atoms with Crippen molar-refractivity contribution in [2.24, 2.45) is 5.92 Å². The predicted molar refractivity (Wildman–Crippen MR) is 112 cm³/mol. The van der Waals surface area contributed by atoms with Gasteiger partial charge in [-0.1, -0.05) is 47.5 Å². The van der Waals surface area contributed by atoms with Crippen LogP contribution in [0.15, 0.2) is 36.4 Å². The smallest absolute Gasteiger partial charge is 0.253 e. The molecule has 0 aliphatic carbocycles. The summed E-state index contributed by atoms with van der Waals surface area (Å²) >= 11 is 0. The standard InChI is InChI=1S/C24H27N3O2/c1-14-6-8-18(9-7-14)21-19-22(26-11-5-10-25(21)26)24(29)27(23(19)28)20-16(3)12-15(2)13-17(20)4/h6-9,12-13,19,21-22H,5,10-11H2,1-4H3/t19-,21+,22-/m0/s1. The number of rotatable bonds is 2. The molecule has 3 fully saturated rings. The highest BCUT2D eigenvalue weighted by Gasteiger charge is 2.63. The molecule has 2 aromatic rings. The van der Waals surface area contributed by atoms with Crippen LogP contribution in [-0.4, -0.2) is 41.0 Å². The molecule has 0 bridgehead atoms. The Bertz CT molecular complexity index is 990. The molecule has 5 heteroatoms. The number of imide groups is 1. The van der Waals surface area contributed by atoms with Crippen molar-refractivity contribution >= 4 is 17.5 Å². The molecule has 2 aromatic carbocycles. The van der Waals surface area contributed by atoms with Crippen LogP contribution in [0.5, 0.6) is 0 Å². The minimum Gasteiger partial charge on any atom is -0.274 e. The summed E-state index contributed by atoms with van der Waals surface area (Å²) in [5, 5.41) is 4.43. The van der Waals surface area contributed by atoms with Crippen molar-refractivity contribution in [3.8, 4) is 0 Å². The van der Waals surface area contributed by atoms with Crippen LogP contribution in [0.25, 0.3) is 0 Å². The van der Waals surface area contributed by atoms with Gasteiger partial charge in [-0.25, -0.2) is 14.9 Å². The topological polar surface area (TPSA) is 43.9 Å². The SMILES string of the molecule is Cc1ccc([C@@H]2[C@@H]3C(=O)N(c4c(C)cc(C)cc4C)C(=O)[C@H]3N3CCCN23)cc1. The molecule has 5 nitrogen and oxygen atoms in total. The molecule has 5 rings (SSSR count). The number of benzene rings is 2. The first-order valence-corrected chi connectivity index (χ1v) is 10.4. The average molecular weight is 389 g/mol. The van der Waals surface area contributed by atoms with Gasteiger partial charge in [0.05, 0.1) is 17.6 Å². The second-order valence-electron chi connectivity index (χ2n) is 8.77. The first kappa shape index (κ1) is 18.5. The Labute approximate surface area is 171 Å². The van der Waals surface area contributed by atoms with Gasteiger partial charge in [0.1, 0.15) is 6.04 Å². The highest BCUT2D eigenvalue weighted by atomic mass is 16.2. The number of fused-ring (bicyclic) bond motifs is 3. The first-order valence-electron chi connectivity index (χ1n) is 10.4. The van der Waals surface area contributed by atoms with Crippen molar-refractivity contribution in [3.05, 3.63) is 64.2 Å². The van der Waals surface area contributed by atoms with Crippen molar-refractivity contribution in [1.29, 1.82) is 0 Å². The van der Waals surface area contributed by atoms with E-state index in [4.69, 9.17) is 0 Å². The molecule has 2 amide bonds. The van der Waals surface area contributed by atoms with E-state index in [1.807, 2.05) is 20.8 Å². The summed E-state index contributed by atoms with van der Waals surface area (Å²) in [6, 6.07) is 12.1. The van der Waals surface area contributed by atoms with Crippen LogP contribution in [0.1, 0.15) is 40.3 Å². The van der Waals surface area contributed by atoms with E-state index in [9.17, 15) is 9.59 Å². The van der Waals surface area contributed by atoms with Gasteiger partial charge >= 0.3 is 0 Å². The molecule has 3 atom stereocenters. The van der Waals surface area contributed by atoms with E-state index in [0.717, 1.165) is 47.5 Å². The fourth-order valence-corrected chi connectivity index (χ4v) is 5.62. The van der Waals surface area contributed by atoms with Gasteiger partial charge in [-0.15, -0.1) is 0 Å². The number of hydrazine groups is 1. The van der Waals surface area contributed by atoms with Crippen LogP contribution >= 0.6 is 0 Å². The number of hydrogen-bond donors (Lipinski definition) is 0. The van der Waals surface area contributed by atoms with Crippen molar-refractivity contribution in [3.63, 3.8) is 0 Å². The molecule has 3 heterocycles. The number of amides is 2. The van der Waals surface area contributed by atoms with Crippen LogP contribution in [0, 0.1) is 33.6 Å². The highest BCUT2D eigenvalue weighted by Crippen LogP contribution is 2.49. The van der Waals surface area contributed by atoms with E-state index < -0.39 is 6.04 Å². The Hall–Kier alpha value is -2.50. The quantitative estimate of drug-likeness (QED) is 0.738. The molecule has 0 aromatic heterocycles. The molecule has 3 aliphatic heterocycles. The summed E-state index contributed by atoms with van der Waals surface area (Å²) < 4.78 is 0. The van der Waals surface area contributed by atoms with Crippen molar-refractivity contribution in [2.75, 3.05) is 18.0 Å². The number of aryl methyl sites for hydroxylation is 4. The minimum absolute atomic E-state index is 0.0602. The summed E-state index contributed by atoms with van der Waals surface area (Å²) in [6.45, 7) is 9.82. The second-order valence-corrected chi connectivity index (χ2v) is 8.77. The zero-order chi connectivity index (χ0) is 20.4. The maximum absolute atomic E-state index is 13.7. The lowest BCUT2D eigenvalue weighted by Gasteiger charge is -2.30. The fourth-order valence-electron chi connectivity index (χ4n) is 5.62. The Morgan fingerprint density at radius 3 is 1.97 bits per heavy atom. The van der Waals surface area contributed by atoms with Gasteiger partial charge in [-0.05, 0) is 50.8 Å². The second kappa shape index (κ2) is 6.51. The Morgan fingerprint density at radius 2 is 1.34 bits per heavy atom. The third-order valence-corrected chi connectivity index (χ3v) is 6.68. The van der Waals surface area contributed by atoms with Gasteiger partial charge in [0, 0.05) is 13.1 Å². The Kier molecular flexibility index (Phi) is 4.16. The lowest BCUT2D eigenvalue weighted by Crippen LogP contribution is -2.44. The molecule has 0 saturated carbocycles. The number of anilines is 1. The van der Waals surface area contributed by atoms with E-state index in [1.54, 1.807) is 0 Å². The molecular weight excluding hydrogens is 362 g/mol. The van der Waals surface area contributed by atoms with Gasteiger partial charge < -0.3 is 0 Å².